The Balaban J connectivity index is 3.32. The fourth-order valence-corrected chi connectivity index (χ4v) is 3.71. The third kappa shape index (κ3) is 10.2. The molecule has 10 nitrogen and oxygen atoms in total. The molecule has 0 aliphatic heterocycles. The molecule has 1 aromatic rings. The molecule has 2 unspecified atom stereocenters. The second-order valence-electron chi connectivity index (χ2n) is 9.18. The van der Waals surface area contributed by atoms with Crippen LogP contribution >= 0.6 is 12.6 Å². The van der Waals surface area contributed by atoms with Gasteiger partial charge in [0.1, 0.15) is 24.2 Å². The van der Waals surface area contributed by atoms with Gasteiger partial charge >= 0.3 is 12.1 Å². The minimum atomic E-state index is -1.19. The zero-order valence-electron chi connectivity index (χ0n) is 21.7. The number of hydrogen-bond acceptors (Lipinski definition) is 8. The van der Waals surface area contributed by atoms with E-state index < -0.39 is 48.1 Å². The number of carbonyl (C=O) groups excluding carboxylic acids is 4. The van der Waals surface area contributed by atoms with Crippen LogP contribution in [-0.4, -0.2) is 65.9 Å². The van der Waals surface area contributed by atoms with Gasteiger partial charge in [0.15, 0.2) is 0 Å². The van der Waals surface area contributed by atoms with Crippen LogP contribution in [0.4, 0.5) is 4.79 Å². The Bertz CT molecular complexity index is 965. The van der Waals surface area contributed by atoms with E-state index in [2.05, 4.69) is 23.3 Å². The number of alkyl carbamates (subject to hydrolysis) is 1. The van der Waals surface area contributed by atoms with E-state index in [0.717, 1.165) is 16.0 Å². The number of amides is 3. The lowest BCUT2D eigenvalue weighted by Gasteiger charge is -2.32. The Kier molecular flexibility index (Phi) is 12.3. The van der Waals surface area contributed by atoms with E-state index in [1.165, 1.54) is 0 Å². The smallest absolute Gasteiger partial charge is 0.408 e. The number of benzene rings is 1. The van der Waals surface area contributed by atoms with Crippen LogP contribution in [0.25, 0.3) is 0 Å². The van der Waals surface area contributed by atoms with Crippen LogP contribution in [0, 0.1) is 25.2 Å². The molecule has 0 aliphatic carbocycles. The van der Waals surface area contributed by atoms with Gasteiger partial charge in [-0.1, -0.05) is 29.3 Å². The Labute approximate surface area is 218 Å². The number of aryl methyl sites for hydroxylation is 2. The Hall–Kier alpha value is -3.26. The molecule has 0 spiro atoms. The van der Waals surface area contributed by atoms with Gasteiger partial charge < -0.3 is 25.0 Å². The zero-order valence-corrected chi connectivity index (χ0v) is 22.6. The molecule has 0 heterocycles. The standard InChI is InChI=1S/C25H36N4O6S/c1-7-34-20(30)8-10-27-22(31)21(18-13-16(2)12-17(3)14-18)29(11-9-26)23(32)19(15-36)28-24(33)35-25(4,5)6/h12-14,19,21,36H,7-8,10-11,15H2,1-6H3,(H,27,31)(H,28,33). The molecule has 2 N–H and O–H groups in total. The number of nitrogens with one attached hydrogen (secondary N) is 2. The van der Waals surface area contributed by atoms with Crippen LogP contribution in [0.5, 0.6) is 0 Å². The molecule has 0 fully saturated rings. The van der Waals surface area contributed by atoms with Gasteiger partial charge in [-0.3, -0.25) is 14.4 Å². The maximum absolute atomic E-state index is 13.5. The van der Waals surface area contributed by atoms with E-state index in [0.29, 0.717) is 5.56 Å². The predicted octanol–water partition coefficient (Wildman–Crippen LogP) is 2.59. The van der Waals surface area contributed by atoms with Crippen LogP contribution in [0.1, 0.15) is 56.8 Å². The van der Waals surface area contributed by atoms with Crippen molar-refractivity contribution in [3.8, 4) is 6.07 Å². The van der Waals surface area contributed by atoms with E-state index in [4.69, 9.17) is 9.47 Å². The number of carbonyl (C=O) groups is 4. The SMILES string of the molecule is CCOC(=O)CCNC(=O)C(c1cc(C)cc(C)c1)N(CC#N)C(=O)C(CS)NC(=O)OC(C)(C)C. The van der Waals surface area contributed by atoms with Gasteiger partial charge in [0, 0.05) is 12.3 Å². The fraction of sp³-hybridized carbons (Fsp3) is 0.560. The summed E-state index contributed by atoms with van der Waals surface area (Å²) < 4.78 is 10.1. The summed E-state index contributed by atoms with van der Waals surface area (Å²) in [5.41, 5.74) is 1.41. The number of rotatable bonds is 11. The molecule has 0 saturated carbocycles. The maximum Gasteiger partial charge on any atom is 0.408 e. The molecule has 11 heteroatoms. The van der Waals surface area contributed by atoms with Crippen molar-refractivity contribution in [1.82, 2.24) is 15.5 Å². The molecule has 0 aliphatic rings. The van der Waals surface area contributed by atoms with Crippen molar-refractivity contribution in [2.45, 2.75) is 65.6 Å². The van der Waals surface area contributed by atoms with Gasteiger partial charge in [0.2, 0.25) is 11.8 Å². The Morgan fingerprint density at radius 1 is 1.14 bits per heavy atom. The van der Waals surface area contributed by atoms with Crippen LogP contribution in [0.15, 0.2) is 18.2 Å². The van der Waals surface area contributed by atoms with Crippen molar-refractivity contribution >= 4 is 36.5 Å². The largest absolute Gasteiger partial charge is 0.466 e. The molecule has 1 rings (SSSR count). The van der Waals surface area contributed by atoms with Crippen LogP contribution < -0.4 is 10.6 Å². The molecular weight excluding hydrogens is 484 g/mol. The first kappa shape index (κ1) is 30.8. The van der Waals surface area contributed by atoms with Crippen molar-refractivity contribution in [2.75, 3.05) is 25.4 Å². The molecule has 2 atom stereocenters. The first-order chi connectivity index (χ1) is 16.8. The van der Waals surface area contributed by atoms with Crippen LogP contribution in [0.2, 0.25) is 0 Å². The van der Waals surface area contributed by atoms with Gasteiger partial charge in [-0.15, -0.1) is 0 Å². The summed E-state index contributed by atoms with van der Waals surface area (Å²) in [6, 6.07) is 4.99. The summed E-state index contributed by atoms with van der Waals surface area (Å²) in [5.74, 6) is -1.82. The third-order valence-electron chi connectivity index (χ3n) is 4.75. The number of esters is 1. The maximum atomic E-state index is 13.5. The van der Waals surface area contributed by atoms with E-state index in [1.54, 1.807) is 39.8 Å². The minimum absolute atomic E-state index is 0.0142. The monoisotopic (exact) mass is 520 g/mol. The lowest BCUT2D eigenvalue weighted by molar-refractivity contribution is -0.144. The normalized spacial score (nSPS) is 12.5. The minimum Gasteiger partial charge on any atom is -0.466 e. The number of ether oxygens (including phenoxy) is 2. The molecular formula is C25H36N4O6S. The van der Waals surface area contributed by atoms with E-state index in [9.17, 15) is 24.4 Å². The van der Waals surface area contributed by atoms with E-state index in [-0.39, 0.29) is 25.3 Å². The summed E-state index contributed by atoms with van der Waals surface area (Å²) >= 11 is 4.19. The van der Waals surface area contributed by atoms with Crippen molar-refractivity contribution in [3.63, 3.8) is 0 Å². The lowest BCUT2D eigenvalue weighted by Crippen LogP contribution is -2.54. The first-order valence-corrected chi connectivity index (χ1v) is 12.3. The highest BCUT2D eigenvalue weighted by Gasteiger charge is 2.36. The Morgan fingerprint density at radius 2 is 1.75 bits per heavy atom. The van der Waals surface area contributed by atoms with Crippen LogP contribution in [-0.2, 0) is 23.9 Å². The first-order valence-electron chi connectivity index (χ1n) is 11.6. The van der Waals surface area contributed by atoms with Crippen molar-refractivity contribution in [3.05, 3.63) is 34.9 Å². The van der Waals surface area contributed by atoms with Crippen LogP contribution in [0.3, 0.4) is 0 Å². The van der Waals surface area contributed by atoms with Gasteiger partial charge in [0.25, 0.3) is 0 Å². The summed E-state index contributed by atoms with van der Waals surface area (Å²) in [6.07, 6.45) is -0.876. The third-order valence-corrected chi connectivity index (χ3v) is 5.11. The van der Waals surface area contributed by atoms with Crippen molar-refractivity contribution in [2.24, 2.45) is 0 Å². The van der Waals surface area contributed by atoms with Crippen molar-refractivity contribution < 1.29 is 28.7 Å². The second kappa shape index (κ2) is 14.3. The number of thiol groups is 1. The lowest BCUT2D eigenvalue weighted by atomic mass is 9.98. The molecule has 0 aromatic heterocycles. The van der Waals surface area contributed by atoms with Gasteiger partial charge in [-0.05, 0) is 47.1 Å². The second-order valence-corrected chi connectivity index (χ2v) is 9.54. The van der Waals surface area contributed by atoms with Gasteiger partial charge in [-0.2, -0.15) is 17.9 Å². The predicted molar refractivity (Wildman–Crippen MR) is 137 cm³/mol. The molecule has 1 aromatic carbocycles. The molecule has 0 bridgehead atoms. The average molecular weight is 521 g/mol. The molecule has 0 saturated heterocycles. The molecule has 3 amide bonds. The number of nitriles is 1. The molecule has 198 valence electrons. The number of nitrogens with zero attached hydrogens (tertiary/aromatic N) is 2. The quantitative estimate of drug-likeness (QED) is 0.232. The highest BCUT2D eigenvalue weighted by molar-refractivity contribution is 7.80. The topological polar surface area (TPSA) is 138 Å². The zero-order chi connectivity index (χ0) is 27.5. The molecule has 0 radical (unpaired) electrons. The van der Waals surface area contributed by atoms with E-state index >= 15 is 0 Å². The van der Waals surface area contributed by atoms with Gasteiger partial charge in [0.05, 0.1) is 19.1 Å². The highest BCUT2D eigenvalue weighted by Crippen LogP contribution is 2.25. The van der Waals surface area contributed by atoms with E-state index in [1.807, 2.05) is 26.0 Å². The summed E-state index contributed by atoms with van der Waals surface area (Å²) in [4.78, 5) is 52.0. The highest BCUT2D eigenvalue weighted by atomic mass is 32.1. The summed E-state index contributed by atoms with van der Waals surface area (Å²) in [5, 5.41) is 14.6. The van der Waals surface area contributed by atoms with Gasteiger partial charge in [-0.25, -0.2) is 4.79 Å². The fourth-order valence-electron chi connectivity index (χ4n) is 3.47. The summed E-state index contributed by atoms with van der Waals surface area (Å²) in [7, 11) is 0. The van der Waals surface area contributed by atoms with Crippen molar-refractivity contribution in [1.29, 1.82) is 5.26 Å². The Morgan fingerprint density at radius 3 is 2.25 bits per heavy atom. The average Bonchev–Trinajstić information content (AvgIpc) is 2.75. The summed E-state index contributed by atoms with van der Waals surface area (Å²) in [6.45, 7) is 10.2. The number of hydrogen-bond donors (Lipinski definition) is 3. The molecule has 36 heavy (non-hydrogen) atoms.